The molecule has 112 valence electrons. The van der Waals surface area contributed by atoms with Gasteiger partial charge in [-0.2, -0.15) is 0 Å². The highest BCUT2D eigenvalue weighted by Crippen LogP contribution is 2.34. The second-order valence-electron chi connectivity index (χ2n) is 6.15. The predicted molar refractivity (Wildman–Crippen MR) is 91.2 cm³/mol. The molecule has 3 N–H and O–H groups in total. The lowest BCUT2D eigenvalue weighted by molar-refractivity contribution is 0.329. The van der Waals surface area contributed by atoms with E-state index in [1.807, 2.05) is 12.1 Å². The number of nitrogens with one attached hydrogen (secondary N) is 1. The fourth-order valence-corrected chi connectivity index (χ4v) is 2.99. The van der Waals surface area contributed by atoms with Crippen LogP contribution >= 0.6 is 11.8 Å². The molecule has 0 bridgehead atoms. The van der Waals surface area contributed by atoms with Crippen LogP contribution in [0.4, 0.5) is 5.69 Å². The second kappa shape index (κ2) is 6.53. The third-order valence-electron chi connectivity index (χ3n) is 3.79. The van der Waals surface area contributed by atoms with Crippen molar-refractivity contribution < 1.29 is 0 Å². The number of benzene rings is 1. The lowest BCUT2D eigenvalue weighted by Gasteiger charge is -2.38. The van der Waals surface area contributed by atoms with Gasteiger partial charge in [-0.3, -0.25) is 5.41 Å². The van der Waals surface area contributed by atoms with Crippen LogP contribution in [0.2, 0.25) is 0 Å². The number of hydrogen-bond donors (Lipinski definition) is 2. The van der Waals surface area contributed by atoms with Gasteiger partial charge < -0.3 is 10.6 Å². The van der Waals surface area contributed by atoms with E-state index in [9.17, 15) is 0 Å². The third-order valence-corrected chi connectivity index (χ3v) is 4.73. The van der Waals surface area contributed by atoms with Crippen molar-refractivity contribution >= 4 is 23.3 Å². The van der Waals surface area contributed by atoms with E-state index in [4.69, 9.17) is 11.1 Å². The topological polar surface area (TPSA) is 53.1 Å². The van der Waals surface area contributed by atoms with Gasteiger partial charge in [0.1, 0.15) is 5.84 Å². The van der Waals surface area contributed by atoms with Crippen LogP contribution in [0.25, 0.3) is 0 Å². The Bertz CT molecular complexity index is 477. The summed E-state index contributed by atoms with van der Waals surface area (Å²) in [4.78, 5) is 3.32. The van der Waals surface area contributed by atoms with E-state index in [2.05, 4.69) is 52.6 Å². The summed E-state index contributed by atoms with van der Waals surface area (Å²) in [5.41, 5.74) is 7.90. The normalized spacial score (nSPS) is 13.1. The molecular weight excluding hydrogens is 266 g/mol. The summed E-state index contributed by atoms with van der Waals surface area (Å²) in [6.07, 6.45) is 0. The maximum absolute atomic E-state index is 7.92. The molecule has 20 heavy (non-hydrogen) atoms. The number of nitrogens with two attached hydrogens (primary N) is 1. The number of amidine groups is 1. The zero-order valence-electron chi connectivity index (χ0n) is 13.4. The van der Waals surface area contributed by atoms with Crippen molar-refractivity contribution in [3.63, 3.8) is 0 Å². The standard InChI is InChI=1S/C16H27N3S/c1-7-20-13-10-8-9-12(14(13)15(17)18)19(6)11(2)16(3,4)5/h8-11H,7H2,1-6H3,(H3,17,18). The molecule has 0 heterocycles. The highest BCUT2D eigenvalue weighted by molar-refractivity contribution is 7.99. The number of anilines is 1. The molecule has 0 saturated carbocycles. The highest BCUT2D eigenvalue weighted by Gasteiger charge is 2.26. The average Bonchev–Trinajstić information content (AvgIpc) is 2.35. The molecule has 0 aromatic heterocycles. The van der Waals surface area contributed by atoms with Gasteiger partial charge in [0.15, 0.2) is 0 Å². The first-order chi connectivity index (χ1) is 9.20. The van der Waals surface area contributed by atoms with Crippen molar-refractivity contribution in [3.8, 4) is 0 Å². The Morgan fingerprint density at radius 3 is 2.45 bits per heavy atom. The van der Waals surface area contributed by atoms with Crippen molar-refractivity contribution in [2.24, 2.45) is 11.1 Å². The molecule has 0 fully saturated rings. The van der Waals surface area contributed by atoms with Crippen LogP contribution < -0.4 is 10.6 Å². The second-order valence-corrected chi connectivity index (χ2v) is 7.46. The molecule has 0 aliphatic rings. The highest BCUT2D eigenvalue weighted by atomic mass is 32.2. The van der Waals surface area contributed by atoms with Gasteiger partial charge in [-0.05, 0) is 30.2 Å². The van der Waals surface area contributed by atoms with Crippen LogP contribution in [0.3, 0.4) is 0 Å². The smallest absolute Gasteiger partial charge is 0.126 e. The molecule has 0 spiro atoms. The summed E-state index contributed by atoms with van der Waals surface area (Å²) in [7, 11) is 2.08. The van der Waals surface area contributed by atoms with E-state index in [-0.39, 0.29) is 11.3 Å². The van der Waals surface area contributed by atoms with Crippen molar-refractivity contribution in [1.82, 2.24) is 0 Å². The van der Waals surface area contributed by atoms with Crippen LogP contribution in [-0.2, 0) is 0 Å². The molecule has 1 aromatic rings. The largest absolute Gasteiger partial charge is 0.384 e. The number of thioether (sulfide) groups is 1. The van der Waals surface area contributed by atoms with Gasteiger partial charge in [-0.25, -0.2) is 0 Å². The SMILES string of the molecule is CCSc1cccc(N(C)C(C)C(C)(C)C)c1C(=N)N. The average molecular weight is 293 g/mol. The van der Waals surface area contributed by atoms with Gasteiger partial charge in [-0.1, -0.05) is 33.8 Å². The van der Waals surface area contributed by atoms with Gasteiger partial charge in [0.2, 0.25) is 0 Å². The Morgan fingerprint density at radius 1 is 1.40 bits per heavy atom. The lowest BCUT2D eigenvalue weighted by Crippen LogP contribution is -2.40. The molecule has 3 nitrogen and oxygen atoms in total. The van der Waals surface area contributed by atoms with E-state index < -0.39 is 0 Å². The zero-order valence-corrected chi connectivity index (χ0v) is 14.3. The van der Waals surface area contributed by atoms with Gasteiger partial charge in [-0.15, -0.1) is 11.8 Å². The number of hydrogen-bond acceptors (Lipinski definition) is 3. The fraction of sp³-hybridized carbons (Fsp3) is 0.562. The molecule has 1 rings (SSSR count). The molecule has 0 saturated heterocycles. The van der Waals surface area contributed by atoms with Crippen LogP contribution in [0.5, 0.6) is 0 Å². The molecule has 4 heteroatoms. The van der Waals surface area contributed by atoms with E-state index in [1.54, 1.807) is 11.8 Å². The van der Waals surface area contributed by atoms with Crippen LogP contribution in [0.15, 0.2) is 23.1 Å². The minimum atomic E-state index is 0.143. The van der Waals surface area contributed by atoms with Crippen LogP contribution in [0, 0.1) is 10.8 Å². The molecule has 1 unspecified atom stereocenters. The Labute approximate surface area is 127 Å². The van der Waals surface area contributed by atoms with Gasteiger partial charge in [0.25, 0.3) is 0 Å². The summed E-state index contributed by atoms with van der Waals surface area (Å²) >= 11 is 1.73. The Kier molecular flexibility index (Phi) is 5.51. The van der Waals surface area contributed by atoms with Crippen LogP contribution in [0.1, 0.15) is 40.2 Å². The Morgan fingerprint density at radius 2 is 2.00 bits per heavy atom. The predicted octanol–water partition coefficient (Wildman–Crippen LogP) is 3.95. The first kappa shape index (κ1) is 16.9. The molecule has 0 aliphatic heterocycles. The number of nitrogens with zero attached hydrogens (tertiary/aromatic N) is 1. The minimum absolute atomic E-state index is 0.143. The van der Waals surface area contributed by atoms with E-state index in [1.165, 1.54) is 0 Å². The molecule has 0 amide bonds. The summed E-state index contributed by atoms with van der Waals surface area (Å²) in [6.45, 7) is 11.0. The molecule has 1 aromatic carbocycles. The minimum Gasteiger partial charge on any atom is -0.384 e. The Balaban J connectivity index is 3.30. The number of nitrogen functional groups attached to an aromatic ring is 1. The summed E-state index contributed by atoms with van der Waals surface area (Å²) < 4.78 is 0. The monoisotopic (exact) mass is 293 g/mol. The van der Waals surface area contributed by atoms with Gasteiger partial charge in [0.05, 0.1) is 5.56 Å². The van der Waals surface area contributed by atoms with Crippen LogP contribution in [-0.4, -0.2) is 24.7 Å². The van der Waals surface area contributed by atoms with E-state index in [0.717, 1.165) is 21.9 Å². The van der Waals surface area contributed by atoms with Crippen molar-refractivity contribution in [2.75, 3.05) is 17.7 Å². The van der Waals surface area contributed by atoms with E-state index >= 15 is 0 Å². The fourth-order valence-electron chi connectivity index (χ4n) is 2.15. The summed E-state index contributed by atoms with van der Waals surface area (Å²) in [6, 6.07) is 6.50. The quantitative estimate of drug-likeness (QED) is 0.491. The number of rotatable bonds is 5. The molecule has 0 radical (unpaired) electrons. The first-order valence-electron chi connectivity index (χ1n) is 7.03. The molecular formula is C16H27N3S. The first-order valence-corrected chi connectivity index (χ1v) is 8.01. The van der Waals surface area contributed by atoms with Crippen molar-refractivity contribution in [2.45, 2.75) is 45.6 Å². The van der Waals surface area contributed by atoms with Crippen molar-refractivity contribution in [1.29, 1.82) is 5.41 Å². The summed E-state index contributed by atoms with van der Waals surface area (Å²) in [5.74, 6) is 1.12. The van der Waals surface area contributed by atoms with E-state index in [0.29, 0.717) is 6.04 Å². The third kappa shape index (κ3) is 3.69. The summed E-state index contributed by atoms with van der Waals surface area (Å²) in [5, 5.41) is 7.92. The molecule has 1 atom stereocenters. The maximum atomic E-state index is 7.92. The maximum Gasteiger partial charge on any atom is 0.126 e. The van der Waals surface area contributed by atoms with Crippen molar-refractivity contribution in [3.05, 3.63) is 23.8 Å². The lowest BCUT2D eigenvalue weighted by atomic mass is 9.86. The Hall–Kier alpha value is -1.16. The molecule has 0 aliphatic carbocycles. The zero-order chi connectivity index (χ0) is 15.5. The van der Waals surface area contributed by atoms with Gasteiger partial charge >= 0.3 is 0 Å². The van der Waals surface area contributed by atoms with Gasteiger partial charge in [0, 0.05) is 23.7 Å².